The number of hydrogen-bond acceptors (Lipinski definition) is 7. The Morgan fingerprint density at radius 2 is 1.77 bits per heavy atom. The molecule has 2 aromatic carbocycles. The Hall–Kier alpha value is -3.21. The summed E-state index contributed by atoms with van der Waals surface area (Å²) in [5.41, 5.74) is 3.68. The van der Waals surface area contributed by atoms with E-state index >= 15 is 0 Å². The molecule has 2 atom stereocenters. The van der Waals surface area contributed by atoms with E-state index in [-0.39, 0.29) is 36.7 Å². The molecule has 0 spiro atoms. The normalized spacial score (nSPS) is 15.1. The molecule has 2 heterocycles. The Labute approximate surface area is 269 Å². The second-order valence-electron chi connectivity index (χ2n) is 11.7. The van der Waals surface area contributed by atoms with Gasteiger partial charge >= 0.3 is 0 Å². The SMILES string of the molecule is C=C(CN1CCSCC1)C(=O)NC[C@H](Cc1ccccc1)NC(=O)C(Cc1nc2ccc(C(C)C)cc2s1)NC(=O)CCC. The zero-order chi connectivity index (χ0) is 31.5. The van der Waals surface area contributed by atoms with Crippen molar-refractivity contribution in [3.8, 4) is 0 Å². The van der Waals surface area contributed by atoms with Crippen LogP contribution in [0.25, 0.3) is 10.2 Å². The summed E-state index contributed by atoms with van der Waals surface area (Å²) in [5.74, 6) is 1.85. The number of rotatable bonds is 15. The van der Waals surface area contributed by atoms with Crippen molar-refractivity contribution in [3.05, 3.63) is 76.8 Å². The number of thiazole rings is 1. The Morgan fingerprint density at radius 1 is 1.02 bits per heavy atom. The smallest absolute Gasteiger partial charge is 0.247 e. The second-order valence-corrected chi connectivity index (χ2v) is 14.0. The first-order valence-electron chi connectivity index (χ1n) is 15.5. The van der Waals surface area contributed by atoms with Crippen LogP contribution in [0.1, 0.15) is 55.7 Å². The van der Waals surface area contributed by atoms with Gasteiger partial charge in [0, 0.05) is 56.1 Å². The van der Waals surface area contributed by atoms with Crippen LogP contribution in [-0.4, -0.2) is 77.4 Å². The fourth-order valence-electron chi connectivity index (χ4n) is 5.13. The monoisotopic (exact) mass is 635 g/mol. The number of hydrogen-bond donors (Lipinski definition) is 3. The number of nitrogens with one attached hydrogen (secondary N) is 3. The first kappa shape index (κ1) is 33.7. The van der Waals surface area contributed by atoms with E-state index < -0.39 is 6.04 Å². The van der Waals surface area contributed by atoms with E-state index in [1.807, 2.05) is 55.1 Å². The molecule has 0 radical (unpaired) electrons. The summed E-state index contributed by atoms with van der Waals surface area (Å²) in [7, 11) is 0. The zero-order valence-electron chi connectivity index (χ0n) is 26.1. The van der Waals surface area contributed by atoms with Gasteiger partial charge in [0.1, 0.15) is 6.04 Å². The third-order valence-electron chi connectivity index (χ3n) is 7.65. The molecule has 3 amide bonds. The topological polar surface area (TPSA) is 103 Å². The highest BCUT2D eigenvalue weighted by Crippen LogP contribution is 2.27. The highest BCUT2D eigenvalue weighted by Gasteiger charge is 2.26. The Balaban J connectivity index is 1.47. The van der Waals surface area contributed by atoms with Gasteiger partial charge in [-0.1, -0.05) is 63.7 Å². The van der Waals surface area contributed by atoms with Gasteiger partial charge in [0.15, 0.2) is 0 Å². The number of carbonyl (C=O) groups is 3. The van der Waals surface area contributed by atoms with Crippen LogP contribution in [0, 0.1) is 0 Å². The Morgan fingerprint density at radius 3 is 2.48 bits per heavy atom. The maximum absolute atomic E-state index is 13.8. The van der Waals surface area contributed by atoms with Gasteiger partial charge in [-0.25, -0.2) is 4.98 Å². The molecule has 1 aliphatic heterocycles. The zero-order valence-corrected chi connectivity index (χ0v) is 27.7. The van der Waals surface area contributed by atoms with Gasteiger partial charge in [-0.05, 0) is 42.0 Å². The van der Waals surface area contributed by atoms with Gasteiger partial charge in [-0.2, -0.15) is 11.8 Å². The molecular weight excluding hydrogens is 591 g/mol. The largest absolute Gasteiger partial charge is 0.350 e. The van der Waals surface area contributed by atoms with Gasteiger partial charge in [0.05, 0.1) is 21.3 Å². The summed E-state index contributed by atoms with van der Waals surface area (Å²) in [6.45, 7) is 12.9. The molecule has 10 heteroatoms. The Kier molecular flexibility index (Phi) is 12.8. The van der Waals surface area contributed by atoms with E-state index in [2.05, 4.69) is 53.4 Å². The lowest BCUT2D eigenvalue weighted by molar-refractivity contribution is -0.129. The van der Waals surface area contributed by atoms with E-state index in [1.54, 1.807) is 11.3 Å². The molecule has 0 aliphatic carbocycles. The van der Waals surface area contributed by atoms with E-state index in [4.69, 9.17) is 4.98 Å². The van der Waals surface area contributed by atoms with Crippen LogP contribution < -0.4 is 16.0 Å². The van der Waals surface area contributed by atoms with Crippen molar-refractivity contribution in [2.45, 2.75) is 64.5 Å². The molecule has 1 aliphatic rings. The second kappa shape index (κ2) is 16.7. The summed E-state index contributed by atoms with van der Waals surface area (Å²) < 4.78 is 1.07. The first-order valence-corrected chi connectivity index (χ1v) is 17.5. The lowest BCUT2D eigenvalue weighted by Crippen LogP contribution is -2.53. The van der Waals surface area contributed by atoms with E-state index in [0.717, 1.165) is 45.4 Å². The standard InChI is InChI=1S/C34H45N5O3S2/c1-5-9-31(40)37-29(20-32-38-28-13-12-26(23(2)3)19-30(28)44-32)34(42)36-27(18-25-10-7-6-8-11-25)21-35-33(41)24(4)22-39-14-16-43-17-15-39/h6-8,10-13,19,23,27,29H,4-5,9,14-18,20-22H2,1-3H3,(H,35,41)(H,36,42)(H,37,40)/t27-,29?/m0/s1. The maximum Gasteiger partial charge on any atom is 0.247 e. The molecule has 1 fully saturated rings. The fourth-order valence-corrected chi connectivity index (χ4v) is 7.17. The predicted molar refractivity (Wildman–Crippen MR) is 182 cm³/mol. The van der Waals surface area contributed by atoms with Gasteiger partial charge < -0.3 is 16.0 Å². The minimum Gasteiger partial charge on any atom is -0.350 e. The van der Waals surface area contributed by atoms with Gasteiger partial charge in [0.25, 0.3) is 0 Å². The van der Waals surface area contributed by atoms with Crippen molar-refractivity contribution in [1.82, 2.24) is 25.8 Å². The quantitative estimate of drug-likeness (QED) is 0.209. The summed E-state index contributed by atoms with van der Waals surface area (Å²) in [6, 6.07) is 14.9. The van der Waals surface area contributed by atoms with Crippen LogP contribution in [0.4, 0.5) is 0 Å². The van der Waals surface area contributed by atoms with Crippen molar-refractivity contribution in [3.63, 3.8) is 0 Å². The van der Waals surface area contributed by atoms with E-state index in [1.165, 1.54) is 5.56 Å². The Bertz CT molecular complexity index is 1420. The predicted octanol–water partition coefficient (Wildman–Crippen LogP) is 4.70. The molecule has 3 N–H and O–H groups in total. The first-order chi connectivity index (χ1) is 21.2. The molecule has 3 aromatic rings. The lowest BCUT2D eigenvalue weighted by Gasteiger charge is -2.27. The van der Waals surface area contributed by atoms with Crippen LogP contribution >= 0.6 is 23.1 Å². The van der Waals surface area contributed by atoms with Crippen LogP contribution in [0.15, 0.2) is 60.7 Å². The fraction of sp³-hybridized carbons (Fsp3) is 0.471. The van der Waals surface area contributed by atoms with Crippen LogP contribution in [0.2, 0.25) is 0 Å². The number of amides is 3. The average molecular weight is 636 g/mol. The average Bonchev–Trinajstić information content (AvgIpc) is 3.42. The maximum atomic E-state index is 13.8. The van der Waals surface area contributed by atoms with Crippen molar-refractivity contribution >= 4 is 51.0 Å². The van der Waals surface area contributed by atoms with Crippen LogP contribution in [0.3, 0.4) is 0 Å². The number of nitrogens with zero attached hydrogens (tertiary/aromatic N) is 2. The molecule has 44 heavy (non-hydrogen) atoms. The molecule has 236 valence electrons. The van der Waals surface area contributed by atoms with Gasteiger partial charge in [-0.15, -0.1) is 11.3 Å². The van der Waals surface area contributed by atoms with Crippen molar-refractivity contribution in [2.24, 2.45) is 0 Å². The summed E-state index contributed by atoms with van der Waals surface area (Å²) >= 11 is 3.48. The highest BCUT2D eigenvalue weighted by molar-refractivity contribution is 7.99. The van der Waals surface area contributed by atoms with Gasteiger partial charge in [0.2, 0.25) is 17.7 Å². The van der Waals surface area contributed by atoms with Crippen molar-refractivity contribution < 1.29 is 14.4 Å². The lowest BCUT2D eigenvalue weighted by atomic mass is 10.0. The summed E-state index contributed by atoms with van der Waals surface area (Å²) in [5, 5.41) is 9.86. The molecule has 1 saturated heterocycles. The molecule has 0 saturated carbocycles. The van der Waals surface area contributed by atoms with Crippen molar-refractivity contribution in [2.75, 3.05) is 37.7 Å². The molecule has 1 unspecified atom stereocenters. The number of thioether (sulfide) groups is 1. The van der Waals surface area contributed by atoms with Gasteiger partial charge in [-0.3, -0.25) is 19.3 Å². The van der Waals surface area contributed by atoms with Crippen LogP contribution in [0.5, 0.6) is 0 Å². The minimum absolute atomic E-state index is 0.170. The molecule has 4 rings (SSSR count). The van der Waals surface area contributed by atoms with Crippen LogP contribution in [-0.2, 0) is 27.2 Å². The highest BCUT2D eigenvalue weighted by atomic mass is 32.2. The number of aromatic nitrogens is 1. The third kappa shape index (κ3) is 10.2. The number of carbonyl (C=O) groups excluding carboxylic acids is 3. The summed E-state index contributed by atoms with van der Waals surface area (Å²) in [6.07, 6.45) is 1.83. The minimum atomic E-state index is -0.792. The van der Waals surface area contributed by atoms with Crippen molar-refractivity contribution in [1.29, 1.82) is 0 Å². The molecule has 8 nitrogen and oxygen atoms in total. The molecule has 0 bridgehead atoms. The number of benzene rings is 2. The molecular formula is C34H45N5O3S2. The number of fused-ring (bicyclic) bond motifs is 1. The third-order valence-corrected chi connectivity index (χ3v) is 9.63. The van der Waals surface area contributed by atoms with E-state index in [0.29, 0.717) is 37.3 Å². The molecule has 1 aromatic heterocycles. The summed E-state index contributed by atoms with van der Waals surface area (Å²) in [4.78, 5) is 46.5. The van der Waals surface area contributed by atoms with E-state index in [9.17, 15) is 14.4 Å².